The first-order valence-electron chi connectivity index (χ1n) is 6.05. The predicted octanol–water partition coefficient (Wildman–Crippen LogP) is 3.85. The van der Waals surface area contributed by atoms with Crippen LogP contribution in [-0.4, -0.2) is 4.98 Å². The molecule has 1 unspecified atom stereocenters. The van der Waals surface area contributed by atoms with Crippen LogP contribution in [0.25, 0.3) is 0 Å². The third kappa shape index (κ3) is 3.78. The van der Waals surface area contributed by atoms with E-state index in [0.717, 1.165) is 12.2 Å². The molecule has 2 aromatic rings. The lowest BCUT2D eigenvalue weighted by Gasteiger charge is -2.14. The average Bonchev–Trinajstić information content (AvgIpc) is 2.38. The van der Waals surface area contributed by atoms with Crippen molar-refractivity contribution in [2.75, 3.05) is 0 Å². The molecular formula is C15H17IN2. The van der Waals surface area contributed by atoms with E-state index < -0.39 is 0 Å². The van der Waals surface area contributed by atoms with Crippen LogP contribution in [0.3, 0.4) is 0 Å². The standard InChI is InChI=1S/C15H17IN2/c1-11-3-4-13(9-17-11)10-18-12(2)14-5-7-15(16)8-6-14/h3-9,12,18H,10H2,1-2H3. The fraction of sp³-hybridized carbons (Fsp3) is 0.267. The lowest BCUT2D eigenvalue weighted by atomic mass is 10.1. The molecule has 0 saturated carbocycles. The van der Waals surface area contributed by atoms with Crippen LogP contribution in [0.1, 0.15) is 29.8 Å². The van der Waals surface area contributed by atoms with Crippen LogP contribution in [0.15, 0.2) is 42.6 Å². The summed E-state index contributed by atoms with van der Waals surface area (Å²) in [5, 5.41) is 3.51. The third-order valence-corrected chi connectivity index (χ3v) is 3.67. The molecule has 1 N–H and O–H groups in total. The number of nitrogens with one attached hydrogen (secondary N) is 1. The Hall–Kier alpha value is -0.940. The normalized spacial score (nSPS) is 12.4. The van der Waals surface area contributed by atoms with E-state index in [9.17, 15) is 0 Å². The highest BCUT2D eigenvalue weighted by atomic mass is 127. The molecule has 3 heteroatoms. The van der Waals surface area contributed by atoms with Gasteiger partial charge in [0.25, 0.3) is 0 Å². The molecule has 1 atom stereocenters. The zero-order valence-electron chi connectivity index (χ0n) is 10.7. The fourth-order valence-electron chi connectivity index (χ4n) is 1.74. The van der Waals surface area contributed by atoms with Gasteiger partial charge in [0.05, 0.1) is 0 Å². The maximum absolute atomic E-state index is 4.30. The van der Waals surface area contributed by atoms with Crippen molar-refractivity contribution in [1.82, 2.24) is 10.3 Å². The predicted molar refractivity (Wildman–Crippen MR) is 83.4 cm³/mol. The number of benzene rings is 1. The van der Waals surface area contributed by atoms with Gasteiger partial charge in [-0.2, -0.15) is 0 Å². The zero-order chi connectivity index (χ0) is 13.0. The van der Waals surface area contributed by atoms with Crippen LogP contribution in [0, 0.1) is 10.5 Å². The van der Waals surface area contributed by atoms with Crippen molar-refractivity contribution < 1.29 is 0 Å². The van der Waals surface area contributed by atoms with Crippen LogP contribution in [0.4, 0.5) is 0 Å². The Labute approximate surface area is 122 Å². The molecule has 0 bridgehead atoms. The molecule has 0 spiro atoms. The largest absolute Gasteiger partial charge is 0.306 e. The van der Waals surface area contributed by atoms with Crippen LogP contribution in [0.2, 0.25) is 0 Å². The second-order valence-electron chi connectivity index (χ2n) is 4.46. The molecule has 0 aliphatic heterocycles. The number of hydrogen-bond donors (Lipinski definition) is 1. The fourth-order valence-corrected chi connectivity index (χ4v) is 2.10. The van der Waals surface area contributed by atoms with Gasteiger partial charge in [-0.25, -0.2) is 0 Å². The molecular weight excluding hydrogens is 335 g/mol. The summed E-state index contributed by atoms with van der Waals surface area (Å²) in [5.74, 6) is 0. The molecule has 94 valence electrons. The molecule has 18 heavy (non-hydrogen) atoms. The highest BCUT2D eigenvalue weighted by Crippen LogP contribution is 2.15. The SMILES string of the molecule is Cc1ccc(CNC(C)c2ccc(I)cc2)cn1. The molecule has 0 aliphatic rings. The first-order chi connectivity index (χ1) is 8.65. The van der Waals surface area contributed by atoms with Gasteiger partial charge >= 0.3 is 0 Å². The number of rotatable bonds is 4. The van der Waals surface area contributed by atoms with E-state index in [-0.39, 0.29) is 0 Å². The van der Waals surface area contributed by atoms with Gasteiger partial charge in [0.1, 0.15) is 0 Å². The Balaban J connectivity index is 1.93. The van der Waals surface area contributed by atoms with Crippen molar-refractivity contribution >= 4 is 22.6 Å². The van der Waals surface area contributed by atoms with E-state index in [1.807, 2.05) is 19.2 Å². The maximum Gasteiger partial charge on any atom is 0.0372 e. The highest BCUT2D eigenvalue weighted by molar-refractivity contribution is 14.1. The van der Waals surface area contributed by atoms with Gasteiger partial charge < -0.3 is 5.32 Å². The molecule has 0 fully saturated rings. The Bertz CT molecular complexity index is 491. The molecule has 2 rings (SSSR count). The molecule has 0 radical (unpaired) electrons. The quantitative estimate of drug-likeness (QED) is 0.846. The molecule has 1 aromatic carbocycles. The van der Waals surface area contributed by atoms with Crippen molar-refractivity contribution in [2.24, 2.45) is 0 Å². The lowest BCUT2D eigenvalue weighted by Crippen LogP contribution is -2.18. The summed E-state index contributed by atoms with van der Waals surface area (Å²) < 4.78 is 1.27. The van der Waals surface area contributed by atoms with Gasteiger partial charge in [0, 0.05) is 28.0 Å². The molecule has 1 heterocycles. The number of hydrogen-bond acceptors (Lipinski definition) is 2. The first-order valence-corrected chi connectivity index (χ1v) is 7.13. The van der Waals surface area contributed by atoms with E-state index in [2.05, 4.69) is 70.1 Å². The number of aryl methyl sites for hydroxylation is 1. The highest BCUT2D eigenvalue weighted by Gasteiger charge is 2.04. The van der Waals surface area contributed by atoms with E-state index in [4.69, 9.17) is 0 Å². The van der Waals surface area contributed by atoms with Gasteiger partial charge in [-0.3, -0.25) is 4.98 Å². The third-order valence-electron chi connectivity index (χ3n) is 2.95. The maximum atomic E-state index is 4.30. The zero-order valence-corrected chi connectivity index (χ0v) is 12.8. The van der Waals surface area contributed by atoms with E-state index in [0.29, 0.717) is 6.04 Å². The van der Waals surface area contributed by atoms with Gasteiger partial charge in [-0.15, -0.1) is 0 Å². The van der Waals surface area contributed by atoms with Gasteiger partial charge in [-0.1, -0.05) is 18.2 Å². The minimum atomic E-state index is 0.350. The van der Waals surface area contributed by atoms with Gasteiger partial charge in [0.2, 0.25) is 0 Å². The Morgan fingerprint density at radius 1 is 1.17 bits per heavy atom. The van der Waals surface area contributed by atoms with Crippen molar-refractivity contribution in [3.05, 3.63) is 63.0 Å². The molecule has 1 aromatic heterocycles. The summed E-state index contributed by atoms with van der Waals surface area (Å²) in [5.41, 5.74) is 3.60. The van der Waals surface area contributed by atoms with Crippen LogP contribution in [0.5, 0.6) is 0 Å². The topological polar surface area (TPSA) is 24.9 Å². The second-order valence-corrected chi connectivity index (χ2v) is 5.71. The van der Waals surface area contributed by atoms with Crippen molar-refractivity contribution in [2.45, 2.75) is 26.4 Å². The molecule has 0 amide bonds. The average molecular weight is 352 g/mol. The van der Waals surface area contributed by atoms with Crippen LogP contribution < -0.4 is 5.32 Å². The van der Waals surface area contributed by atoms with Crippen molar-refractivity contribution in [1.29, 1.82) is 0 Å². The molecule has 0 saturated heterocycles. The molecule has 2 nitrogen and oxygen atoms in total. The first kappa shape index (κ1) is 13.5. The Morgan fingerprint density at radius 2 is 1.89 bits per heavy atom. The van der Waals surface area contributed by atoms with E-state index in [1.54, 1.807) is 0 Å². The van der Waals surface area contributed by atoms with E-state index in [1.165, 1.54) is 14.7 Å². The van der Waals surface area contributed by atoms with Crippen molar-refractivity contribution in [3.63, 3.8) is 0 Å². The number of nitrogens with zero attached hydrogens (tertiary/aromatic N) is 1. The number of aromatic nitrogens is 1. The second kappa shape index (κ2) is 6.29. The number of halogens is 1. The molecule has 0 aliphatic carbocycles. The monoisotopic (exact) mass is 352 g/mol. The summed E-state index contributed by atoms with van der Waals surface area (Å²) in [6.45, 7) is 5.04. The summed E-state index contributed by atoms with van der Waals surface area (Å²) in [7, 11) is 0. The van der Waals surface area contributed by atoms with Crippen molar-refractivity contribution in [3.8, 4) is 0 Å². The summed E-state index contributed by atoms with van der Waals surface area (Å²) in [6, 6.07) is 13.1. The smallest absolute Gasteiger partial charge is 0.0372 e. The lowest BCUT2D eigenvalue weighted by molar-refractivity contribution is 0.573. The van der Waals surface area contributed by atoms with Crippen LogP contribution in [-0.2, 0) is 6.54 Å². The summed E-state index contributed by atoms with van der Waals surface area (Å²) in [4.78, 5) is 4.30. The number of pyridine rings is 1. The summed E-state index contributed by atoms with van der Waals surface area (Å²) in [6.07, 6.45) is 1.93. The Kier molecular flexibility index (Phi) is 4.72. The van der Waals surface area contributed by atoms with Crippen LogP contribution >= 0.6 is 22.6 Å². The van der Waals surface area contributed by atoms with E-state index >= 15 is 0 Å². The van der Waals surface area contributed by atoms with Gasteiger partial charge in [-0.05, 0) is 65.8 Å². The summed E-state index contributed by atoms with van der Waals surface area (Å²) >= 11 is 2.32. The van der Waals surface area contributed by atoms with Gasteiger partial charge in [0.15, 0.2) is 0 Å². The minimum absolute atomic E-state index is 0.350. The minimum Gasteiger partial charge on any atom is -0.306 e. The Morgan fingerprint density at radius 3 is 2.50 bits per heavy atom.